The van der Waals surface area contributed by atoms with Gasteiger partial charge >= 0.3 is 0 Å². The summed E-state index contributed by atoms with van der Waals surface area (Å²) in [6.45, 7) is 3.63. The summed E-state index contributed by atoms with van der Waals surface area (Å²) in [6, 6.07) is 15.1. The highest BCUT2D eigenvalue weighted by atomic mass is 16.5. The van der Waals surface area contributed by atoms with Crippen molar-refractivity contribution in [3.05, 3.63) is 59.2 Å². The van der Waals surface area contributed by atoms with Crippen LogP contribution in [0.25, 0.3) is 0 Å². The first-order valence-corrected chi connectivity index (χ1v) is 9.79. The first-order chi connectivity index (χ1) is 12.8. The third-order valence-corrected chi connectivity index (χ3v) is 6.14. The molecule has 0 spiro atoms. The summed E-state index contributed by atoms with van der Waals surface area (Å²) in [6.07, 6.45) is 4.79. The molecule has 138 valence electrons. The van der Waals surface area contributed by atoms with Gasteiger partial charge < -0.3 is 14.4 Å². The average molecular weight is 351 g/mol. The van der Waals surface area contributed by atoms with Crippen molar-refractivity contribution in [3.63, 3.8) is 0 Å². The van der Waals surface area contributed by atoms with Crippen LogP contribution in [0.5, 0.6) is 11.5 Å². The molecule has 0 aromatic heterocycles. The van der Waals surface area contributed by atoms with E-state index in [1.165, 1.54) is 49.2 Å². The molecule has 1 heterocycles. The molecule has 3 nitrogen and oxygen atoms in total. The Balaban J connectivity index is 1.36. The second-order valence-electron chi connectivity index (χ2n) is 7.65. The minimum atomic E-state index is 0.686. The Morgan fingerprint density at radius 3 is 2.77 bits per heavy atom. The van der Waals surface area contributed by atoms with Gasteiger partial charge in [-0.15, -0.1) is 0 Å². The molecule has 1 saturated heterocycles. The predicted molar refractivity (Wildman–Crippen MR) is 105 cm³/mol. The molecule has 2 aliphatic rings. The summed E-state index contributed by atoms with van der Waals surface area (Å²) in [7, 11) is 3.53. The lowest BCUT2D eigenvalue weighted by Gasteiger charge is -2.28. The van der Waals surface area contributed by atoms with Crippen LogP contribution in [0.4, 0.5) is 0 Å². The number of ether oxygens (including phenoxy) is 2. The van der Waals surface area contributed by atoms with Crippen LogP contribution in [-0.4, -0.2) is 38.8 Å². The summed E-state index contributed by atoms with van der Waals surface area (Å²) in [5.41, 5.74) is 4.36. The Bertz CT molecular complexity index is 758. The van der Waals surface area contributed by atoms with Gasteiger partial charge in [-0.25, -0.2) is 0 Å². The highest BCUT2D eigenvalue weighted by Gasteiger charge is 2.37. The van der Waals surface area contributed by atoms with Crippen molar-refractivity contribution in [2.45, 2.75) is 31.6 Å². The van der Waals surface area contributed by atoms with Crippen molar-refractivity contribution in [2.75, 3.05) is 33.9 Å². The Labute approximate surface area is 156 Å². The number of rotatable bonds is 6. The molecule has 1 aliphatic heterocycles. The smallest absolute Gasteiger partial charge is 0.122 e. The second kappa shape index (κ2) is 7.71. The second-order valence-corrected chi connectivity index (χ2v) is 7.65. The van der Waals surface area contributed by atoms with Gasteiger partial charge in [0.1, 0.15) is 11.5 Å². The maximum atomic E-state index is 5.60. The number of likely N-dealkylation sites (tertiary alicyclic amines) is 1. The van der Waals surface area contributed by atoms with E-state index in [1.54, 1.807) is 14.2 Å². The van der Waals surface area contributed by atoms with Crippen LogP contribution in [0.1, 0.15) is 35.4 Å². The number of hydrogen-bond acceptors (Lipinski definition) is 3. The standard InChI is InChI=1S/C23H29NO2/c1-25-19-8-3-6-17(14-19)7-5-13-24-15-18-11-12-21-20(22(18)16-24)9-4-10-23(21)26-2/h3-4,6,8-10,14,18,22H,5,7,11-13,15-16H2,1-2H3/t18-,22+/m0/s1. The van der Waals surface area contributed by atoms with E-state index in [2.05, 4.69) is 41.3 Å². The molecular weight excluding hydrogens is 322 g/mol. The molecule has 2 aromatic rings. The fourth-order valence-electron chi connectivity index (χ4n) is 4.84. The summed E-state index contributed by atoms with van der Waals surface area (Å²) in [5.74, 6) is 3.54. The maximum Gasteiger partial charge on any atom is 0.122 e. The van der Waals surface area contributed by atoms with Crippen molar-refractivity contribution in [1.29, 1.82) is 0 Å². The normalized spacial score (nSPS) is 21.9. The first-order valence-electron chi connectivity index (χ1n) is 9.79. The third-order valence-electron chi connectivity index (χ3n) is 6.14. The Morgan fingerprint density at radius 1 is 1.04 bits per heavy atom. The van der Waals surface area contributed by atoms with Gasteiger partial charge in [0, 0.05) is 19.0 Å². The van der Waals surface area contributed by atoms with Gasteiger partial charge in [-0.05, 0) is 73.0 Å². The summed E-state index contributed by atoms with van der Waals surface area (Å²) in [4.78, 5) is 2.67. The first kappa shape index (κ1) is 17.4. The maximum absolute atomic E-state index is 5.60. The molecule has 1 fully saturated rings. The Kier molecular flexibility index (Phi) is 5.16. The van der Waals surface area contributed by atoms with Gasteiger partial charge in [0.05, 0.1) is 14.2 Å². The molecule has 0 saturated carbocycles. The molecule has 2 aromatic carbocycles. The van der Waals surface area contributed by atoms with E-state index < -0.39 is 0 Å². The van der Waals surface area contributed by atoms with Crippen molar-refractivity contribution in [3.8, 4) is 11.5 Å². The quantitative estimate of drug-likeness (QED) is 0.774. The van der Waals surface area contributed by atoms with E-state index in [4.69, 9.17) is 9.47 Å². The fraction of sp³-hybridized carbons (Fsp3) is 0.478. The van der Waals surface area contributed by atoms with E-state index in [-0.39, 0.29) is 0 Å². The van der Waals surface area contributed by atoms with Crippen LogP contribution in [-0.2, 0) is 12.8 Å². The lowest BCUT2D eigenvalue weighted by molar-refractivity contribution is 0.316. The highest BCUT2D eigenvalue weighted by Crippen LogP contribution is 2.44. The number of nitrogens with zero attached hydrogens (tertiary/aromatic N) is 1. The number of benzene rings is 2. The molecule has 4 rings (SSSR count). The molecule has 3 heteroatoms. The molecule has 0 bridgehead atoms. The molecule has 26 heavy (non-hydrogen) atoms. The van der Waals surface area contributed by atoms with Crippen LogP contribution >= 0.6 is 0 Å². The van der Waals surface area contributed by atoms with E-state index >= 15 is 0 Å². The molecule has 2 atom stereocenters. The molecular formula is C23H29NO2. The average Bonchev–Trinajstić information content (AvgIpc) is 3.11. The lowest BCUT2D eigenvalue weighted by atomic mass is 9.77. The number of aryl methyl sites for hydroxylation is 1. The minimum absolute atomic E-state index is 0.686. The van der Waals surface area contributed by atoms with E-state index in [0.717, 1.165) is 30.3 Å². The SMILES string of the molecule is COc1cccc(CCCN2C[C@@H]3CCc4c(OC)cccc4[C@@H]3C2)c1. The van der Waals surface area contributed by atoms with Crippen LogP contribution in [0.15, 0.2) is 42.5 Å². The Hall–Kier alpha value is -2.00. The number of fused-ring (bicyclic) bond motifs is 3. The van der Waals surface area contributed by atoms with E-state index in [0.29, 0.717) is 5.92 Å². The highest BCUT2D eigenvalue weighted by molar-refractivity contribution is 5.44. The number of methoxy groups -OCH3 is 2. The van der Waals surface area contributed by atoms with Crippen molar-refractivity contribution >= 4 is 0 Å². The van der Waals surface area contributed by atoms with Crippen LogP contribution in [0.3, 0.4) is 0 Å². The largest absolute Gasteiger partial charge is 0.497 e. The van der Waals surface area contributed by atoms with Gasteiger partial charge in [-0.2, -0.15) is 0 Å². The van der Waals surface area contributed by atoms with E-state index in [1.807, 2.05) is 6.07 Å². The zero-order valence-corrected chi connectivity index (χ0v) is 15.9. The van der Waals surface area contributed by atoms with Crippen molar-refractivity contribution in [1.82, 2.24) is 4.90 Å². The third kappa shape index (κ3) is 3.45. The molecule has 0 unspecified atom stereocenters. The van der Waals surface area contributed by atoms with Crippen LogP contribution in [0.2, 0.25) is 0 Å². The van der Waals surface area contributed by atoms with Gasteiger partial charge in [-0.3, -0.25) is 0 Å². The van der Waals surface area contributed by atoms with E-state index in [9.17, 15) is 0 Å². The lowest BCUT2D eigenvalue weighted by Crippen LogP contribution is -2.22. The Morgan fingerprint density at radius 2 is 1.92 bits per heavy atom. The molecule has 1 aliphatic carbocycles. The summed E-state index contributed by atoms with van der Waals surface area (Å²) < 4.78 is 10.9. The van der Waals surface area contributed by atoms with Gasteiger partial charge in [0.2, 0.25) is 0 Å². The zero-order chi connectivity index (χ0) is 17.9. The number of hydrogen-bond donors (Lipinski definition) is 0. The monoisotopic (exact) mass is 351 g/mol. The van der Waals surface area contributed by atoms with Gasteiger partial charge in [-0.1, -0.05) is 24.3 Å². The summed E-state index contributed by atoms with van der Waals surface area (Å²) in [5, 5.41) is 0. The molecule has 0 N–H and O–H groups in total. The van der Waals surface area contributed by atoms with Crippen LogP contribution < -0.4 is 9.47 Å². The topological polar surface area (TPSA) is 21.7 Å². The predicted octanol–water partition coefficient (Wildman–Crippen LogP) is 4.30. The zero-order valence-electron chi connectivity index (χ0n) is 15.9. The van der Waals surface area contributed by atoms with Crippen LogP contribution in [0, 0.1) is 5.92 Å². The molecule has 0 amide bonds. The fourth-order valence-corrected chi connectivity index (χ4v) is 4.84. The van der Waals surface area contributed by atoms with Crippen molar-refractivity contribution in [2.24, 2.45) is 5.92 Å². The minimum Gasteiger partial charge on any atom is -0.497 e. The summed E-state index contributed by atoms with van der Waals surface area (Å²) >= 11 is 0. The van der Waals surface area contributed by atoms with Gasteiger partial charge in [0.25, 0.3) is 0 Å². The van der Waals surface area contributed by atoms with Gasteiger partial charge in [0.15, 0.2) is 0 Å². The van der Waals surface area contributed by atoms with Crippen molar-refractivity contribution < 1.29 is 9.47 Å². The molecule has 0 radical (unpaired) electrons.